The molecule has 0 aliphatic carbocycles. The van der Waals surface area contributed by atoms with Crippen LogP contribution in [-0.2, 0) is 9.53 Å². The van der Waals surface area contributed by atoms with Crippen molar-refractivity contribution in [1.82, 2.24) is 5.32 Å². The Morgan fingerprint density at radius 3 is 1.71 bits per heavy atom. The van der Waals surface area contributed by atoms with Gasteiger partial charge in [-0.2, -0.15) is 0 Å². The van der Waals surface area contributed by atoms with Crippen molar-refractivity contribution in [3.8, 4) is 0 Å². The molecular formula is C38H42BF2N5O10. The number of para-hydroxylation sites is 2. The number of anilines is 2. The average molecular weight is 778 g/mol. The highest BCUT2D eigenvalue weighted by atomic mass is 19.1. The Morgan fingerprint density at radius 2 is 1.27 bits per heavy atom. The number of alkyl carbamates (subject to hydrolysis) is 1. The fourth-order valence-electron chi connectivity index (χ4n) is 4.46. The highest BCUT2D eigenvalue weighted by Crippen LogP contribution is 2.27. The molecule has 0 saturated carbocycles. The summed E-state index contributed by atoms with van der Waals surface area (Å²) in [5, 5.41) is 35.3. The Kier molecular flexibility index (Phi) is 17.4. The molecule has 0 saturated heterocycles. The van der Waals surface area contributed by atoms with Crippen LogP contribution in [0.5, 0.6) is 0 Å². The summed E-state index contributed by atoms with van der Waals surface area (Å²) in [4.78, 5) is 71.8. The summed E-state index contributed by atoms with van der Waals surface area (Å²) in [6, 6.07) is 20.9. The van der Waals surface area contributed by atoms with Gasteiger partial charge in [-0.3, -0.25) is 34.6 Å². The summed E-state index contributed by atoms with van der Waals surface area (Å²) in [5.41, 5.74) is -3.10. The Bertz CT molecular complexity index is 2000. The topological polar surface area (TPSA) is 211 Å². The molecule has 15 nitrogen and oxygen atoms in total. The molecule has 296 valence electrons. The lowest BCUT2D eigenvalue weighted by atomic mass is 9.69. The van der Waals surface area contributed by atoms with Crippen LogP contribution in [0.25, 0.3) is 0 Å². The third-order valence-electron chi connectivity index (χ3n) is 7.28. The van der Waals surface area contributed by atoms with Crippen molar-refractivity contribution in [1.29, 1.82) is 0 Å². The van der Waals surface area contributed by atoms with Crippen LogP contribution >= 0.6 is 0 Å². The van der Waals surface area contributed by atoms with Crippen LogP contribution in [-0.4, -0.2) is 57.2 Å². The lowest BCUT2D eigenvalue weighted by molar-refractivity contribution is -0.385. The van der Waals surface area contributed by atoms with Crippen LogP contribution < -0.4 is 15.5 Å². The first-order valence-corrected chi connectivity index (χ1v) is 17.2. The molecule has 4 aromatic carbocycles. The lowest BCUT2D eigenvalue weighted by Gasteiger charge is -2.27. The van der Waals surface area contributed by atoms with Gasteiger partial charge in [0.1, 0.15) is 23.3 Å². The van der Waals surface area contributed by atoms with Gasteiger partial charge in [-0.15, -0.1) is 0 Å². The van der Waals surface area contributed by atoms with Gasteiger partial charge in [-0.05, 0) is 63.6 Å². The molecule has 4 amide bonds. The number of rotatable bonds is 10. The number of carbonyl (C=O) groups excluding carboxylic acids is 4. The fourth-order valence-corrected chi connectivity index (χ4v) is 4.46. The van der Waals surface area contributed by atoms with E-state index in [4.69, 9.17) is 9.76 Å². The molecule has 3 N–H and O–H groups in total. The van der Waals surface area contributed by atoms with E-state index in [0.717, 1.165) is 36.7 Å². The third-order valence-corrected chi connectivity index (χ3v) is 7.28. The summed E-state index contributed by atoms with van der Waals surface area (Å²) in [5.74, 6) is -5.05. The molecule has 0 fully saturated rings. The van der Waals surface area contributed by atoms with E-state index in [-0.39, 0.29) is 19.0 Å². The van der Waals surface area contributed by atoms with E-state index in [9.17, 15) is 48.2 Å². The van der Waals surface area contributed by atoms with Crippen molar-refractivity contribution in [2.45, 2.75) is 65.8 Å². The van der Waals surface area contributed by atoms with Gasteiger partial charge in [-0.25, -0.2) is 18.5 Å². The predicted molar refractivity (Wildman–Crippen MR) is 207 cm³/mol. The number of halogens is 2. The van der Waals surface area contributed by atoms with E-state index in [2.05, 4.69) is 10.6 Å². The van der Waals surface area contributed by atoms with Crippen molar-refractivity contribution >= 4 is 53.5 Å². The van der Waals surface area contributed by atoms with Crippen molar-refractivity contribution in [3.05, 3.63) is 140 Å². The van der Waals surface area contributed by atoms with Gasteiger partial charge < -0.3 is 20.4 Å². The number of imide groups is 1. The minimum atomic E-state index is -1.23. The van der Waals surface area contributed by atoms with E-state index >= 15 is 0 Å². The Labute approximate surface area is 322 Å². The van der Waals surface area contributed by atoms with Gasteiger partial charge in [0.15, 0.2) is 11.1 Å². The molecule has 0 unspecified atom stereocenters. The molecular weight excluding hydrogens is 735 g/mol. The summed E-state index contributed by atoms with van der Waals surface area (Å²) in [6.07, 6.45) is 0.0589. The summed E-state index contributed by atoms with van der Waals surface area (Å²) < 4.78 is 33.3. The minimum Gasteiger partial charge on any atom is -0.451 e. The number of ether oxygens (including phenoxy) is 1. The van der Waals surface area contributed by atoms with Crippen LogP contribution in [0, 0.1) is 31.9 Å². The minimum absolute atomic E-state index is 0.0597. The Morgan fingerprint density at radius 1 is 0.804 bits per heavy atom. The van der Waals surface area contributed by atoms with E-state index in [0.29, 0.717) is 10.6 Å². The van der Waals surface area contributed by atoms with Gasteiger partial charge in [0, 0.05) is 17.8 Å². The van der Waals surface area contributed by atoms with Crippen molar-refractivity contribution < 1.29 is 47.6 Å². The summed E-state index contributed by atoms with van der Waals surface area (Å²) >= 11 is 0. The Hall–Kier alpha value is -6.56. The highest BCUT2D eigenvalue weighted by Gasteiger charge is 2.36. The maximum Gasteiger partial charge on any atom is 0.408 e. The summed E-state index contributed by atoms with van der Waals surface area (Å²) in [7, 11) is 0. The molecule has 0 aliphatic rings. The second-order valence-corrected chi connectivity index (χ2v) is 12.8. The number of amides is 4. The second-order valence-electron chi connectivity index (χ2n) is 12.8. The molecule has 4 aromatic rings. The van der Waals surface area contributed by atoms with E-state index in [1.54, 1.807) is 83.0 Å². The van der Waals surface area contributed by atoms with Crippen LogP contribution in [0.15, 0.2) is 97.1 Å². The molecule has 18 heteroatoms. The first-order valence-electron chi connectivity index (χ1n) is 17.2. The average Bonchev–Trinajstić information content (AvgIpc) is 3.14. The van der Waals surface area contributed by atoms with Crippen LogP contribution in [0.4, 0.5) is 36.3 Å². The van der Waals surface area contributed by atoms with E-state index < -0.39 is 79.4 Å². The molecule has 0 bridgehead atoms. The first-order chi connectivity index (χ1) is 26.3. The molecule has 0 spiro atoms. The number of hydrogen-bond acceptors (Lipinski definition) is 10. The monoisotopic (exact) mass is 777 g/mol. The van der Waals surface area contributed by atoms with Crippen LogP contribution in [0.3, 0.4) is 0 Å². The lowest BCUT2D eigenvalue weighted by Crippen LogP contribution is -2.51. The number of nitrogens with zero attached hydrogens (tertiary/aromatic N) is 3. The van der Waals surface area contributed by atoms with Gasteiger partial charge in [0.05, 0.1) is 15.5 Å². The van der Waals surface area contributed by atoms with Gasteiger partial charge in [0.25, 0.3) is 36.0 Å². The second kappa shape index (κ2) is 21.4. The van der Waals surface area contributed by atoms with Crippen LogP contribution in [0.1, 0.15) is 61.8 Å². The number of nitrogens with one attached hydrogen (secondary N) is 2. The maximum atomic E-state index is 14.5. The number of benzene rings is 4. The number of hydrogen-bond donors (Lipinski definition) is 3. The van der Waals surface area contributed by atoms with Crippen molar-refractivity contribution in [2.75, 3.05) is 10.2 Å². The SMILES string of the molecule is CCB(C)O.CC[C@H](NC(=O)OC(C)(C)C)C(=O)N(C(=O)c1c(F)cccc1[N+](=O)[O-])c1ccccc1.O=C(Nc1ccccc1)c1c(F)cccc1[N+](=O)[O-]. The molecule has 0 aromatic heterocycles. The molecule has 1 atom stereocenters. The quantitative estimate of drug-likeness (QED) is 0.0807. The smallest absolute Gasteiger partial charge is 0.408 e. The number of nitro benzene ring substituents is 2. The third kappa shape index (κ3) is 13.7. The largest absolute Gasteiger partial charge is 0.451 e. The molecule has 56 heavy (non-hydrogen) atoms. The Balaban J connectivity index is 0.000000379. The number of carbonyl (C=O) groups is 4. The maximum absolute atomic E-state index is 14.5. The summed E-state index contributed by atoms with van der Waals surface area (Å²) in [6.45, 7) is 10.1. The van der Waals surface area contributed by atoms with Gasteiger partial charge in [0.2, 0.25) is 0 Å². The van der Waals surface area contributed by atoms with E-state index in [1.807, 2.05) is 6.92 Å². The van der Waals surface area contributed by atoms with Crippen molar-refractivity contribution in [3.63, 3.8) is 0 Å². The molecule has 0 aliphatic heterocycles. The molecule has 0 heterocycles. The van der Waals surface area contributed by atoms with Crippen LogP contribution in [0.2, 0.25) is 13.1 Å². The zero-order valence-electron chi connectivity index (χ0n) is 31.5. The van der Waals surface area contributed by atoms with Gasteiger partial charge >= 0.3 is 6.09 Å². The zero-order chi connectivity index (χ0) is 42.2. The number of nitro groups is 2. The first kappa shape index (κ1) is 45.6. The molecule has 0 radical (unpaired) electrons. The predicted octanol–water partition coefficient (Wildman–Crippen LogP) is 7.82. The van der Waals surface area contributed by atoms with Gasteiger partial charge in [-0.1, -0.05) is 75.5 Å². The fraction of sp³-hybridized carbons (Fsp3) is 0.263. The molecule has 4 rings (SSSR count). The highest BCUT2D eigenvalue weighted by molar-refractivity contribution is 6.48. The zero-order valence-corrected chi connectivity index (χ0v) is 31.5. The standard InChI is InChI=1S/C22H24FN3O6.C13H9FN2O3.C3H9BO/c1-5-16(24-21(29)32-22(2,3)4)19(27)25(14-10-7-6-8-11-14)20(28)18-15(23)12-9-13-17(18)26(30)31;14-10-7-4-8-11(16(18)19)12(10)13(17)15-9-5-2-1-3-6-9;1-3-4(2)5/h6-13,16H,5H2,1-4H3,(H,24,29);1-8H,(H,15,17);5H,3H2,1-2H3/t16-;;/m0../s1. The van der Waals surface area contributed by atoms with Crippen molar-refractivity contribution in [2.24, 2.45) is 0 Å². The normalized spacial score (nSPS) is 10.9. The van der Waals surface area contributed by atoms with E-state index in [1.165, 1.54) is 18.2 Å².